The van der Waals surface area contributed by atoms with Gasteiger partial charge in [-0.05, 0) is 31.3 Å². The third-order valence-electron chi connectivity index (χ3n) is 3.81. The Morgan fingerprint density at radius 2 is 1.88 bits per heavy atom. The summed E-state index contributed by atoms with van der Waals surface area (Å²) in [6, 6.07) is 9.00. The molecule has 0 unspecified atom stereocenters. The first-order valence-electron chi connectivity index (χ1n) is 7.94. The van der Waals surface area contributed by atoms with Gasteiger partial charge in [0.05, 0.1) is 12.2 Å². The summed E-state index contributed by atoms with van der Waals surface area (Å²) in [5.41, 5.74) is -0.409. The van der Waals surface area contributed by atoms with Gasteiger partial charge in [0.15, 0.2) is 29.0 Å². The molecule has 5 nitrogen and oxygen atoms in total. The lowest BCUT2D eigenvalue weighted by molar-refractivity contribution is -0.117. The second kappa shape index (κ2) is 7.65. The van der Waals surface area contributed by atoms with Crippen LogP contribution in [-0.2, 0) is 4.79 Å². The number of para-hydroxylation sites is 2. The van der Waals surface area contributed by atoms with E-state index in [1.165, 1.54) is 0 Å². The number of ether oxygens (including phenoxy) is 2. The summed E-state index contributed by atoms with van der Waals surface area (Å²) in [7, 11) is 1.69. The molecule has 2 aromatic rings. The molecular weight excluding hydrogens is 349 g/mol. The Kier molecular flexibility index (Phi) is 5.32. The number of carbonyl (C=O) groups is 1. The van der Waals surface area contributed by atoms with Crippen LogP contribution in [0.4, 0.5) is 18.9 Å². The van der Waals surface area contributed by atoms with Gasteiger partial charge >= 0.3 is 0 Å². The molecule has 2 aromatic carbocycles. The maximum absolute atomic E-state index is 13.6. The van der Waals surface area contributed by atoms with Crippen molar-refractivity contribution >= 4 is 11.6 Å². The van der Waals surface area contributed by atoms with E-state index in [1.807, 2.05) is 12.1 Å². The molecule has 3 rings (SSSR count). The smallest absolute Gasteiger partial charge is 0.238 e. The molecule has 26 heavy (non-hydrogen) atoms. The number of carbonyl (C=O) groups excluding carboxylic acids is 1. The number of rotatable bonds is 5. The average molecular weight is 366 g/mol. The van der Waals surface area contributed by atoms with Gasteiger partial charge in [-0.1, -0.05) is 12.1 Å². The predicted molar refractivity (Wildman–Crippen MR) is 88.8 cm³/mol. The van der Waals surface area contributed by atoms with Gasteiger partial charge in [0.25, 0.3) is 0 Å². The van der Waals surface area contributed by atoms with Crippen LogP contribution < -0.4 is 14.8 Å². The van der Waals surface area contributed by atoms with E-state index in [0.717, 1.165) is 12.1 Å². The molecule has 0 fully saturated rings. The number of halogens is 3. The minimum Gasteiger partial charge on any atom is -0.486 e. The van der Waals surface area contributed by atoms with E-state index in [9.17, 15) is 18.0 Å². The summed E-state index contributed by atoms with van der Waals surface area (Å²) in [4.78, 5) is 13.7. The zero-order valence-corrected chi connectivity index (χ0v) is 14.0. The van der Waals surface area contributed by atoms with E-state index in [0.29, 0.717) is 24.7 Å². The monoisotopic (exact) mass is 366 g/mol. The molecule has 0 saturated heterocycles. The summed E-state index contributed by atoms with van der Waals surface area (Å²) in [6.45, 7) is 0.642. The fourth-order valence-corrected chi connectivity index (χ4v) is 2.62. The Labute approximate surface area is 148 Å². The molecule has 0 radical (unpaired) electrons. The van der Waals surface area contributed by atoms with E-state index < -0.39 is 29.0 Å². The molecule has 1 atom stereocenters. The van der Waals surface area contributed by atoms with Crippen LogP contribution in [0.15, 0.2) is 36.4 Å². The number of fused-ring (bicyclic) bond motifs is 1. The maximum atomic E-state index is 13.6. The lowest BCUT2D eigenvalue weighted by Gasteiger charge is -2.29. The molecule has 1 N–H and O–H groups in total. The van der Waals surface area contributed by atoms with Crippen LogP contribution in [0.2, 0.25) is 0 Å². The fourth-order valence-electron chi connectivity index (χ4n) is 2.62. The topological polar surface area (TPSA) is 50.8 Å². The van der Waals surface area contributed by atoms with Crippen LogP contribution in [-0.4, -0.2) is 43.7 Å². The minimum atomic E-state index is -1.62. The van der Waals surface area contributed by atoms with Gasteiger partial charge in [0.2, 0.25) is 5.91 Å². The number of anilines is 1. The van der Waals surface area contributed by atoms with Crippen molar-refractivity contribution < 1.29 is 27.4 Å². The first-order chi connectivity index (χ1) is 12.4. The molecule has 0 spiro atoms. The van der Waals surface area contributed by atoms with Crippen molar-refractivity contribution in [3.8, 4) is 11.5 Å². The van der Waals surface area contributed by atoms with Gasteiger partial charge in [-0.2, -0.15) is 0 Å². The third-order valence-corrected chi connectivity index (χ3v) is 3.81. The van der Waals surface area contributed by atoms with Crippen molar-refractivity contribution in [2.45, 2.75) is 6.10 Å². The van der Waals surface area contributed by atoms with Crippen LogP contribution in [0.5, 0.6) is 11.5 Å². The Morgan fingerprint density at radius 3 is 2.65 bits per heavy atom. The fraction of sp³-hybridized carbons (Fsp3) is 0.278. The number of nitrogens with one attached hydrogen (secondary N) is 1. The normalized spacial score (nSPS) is 15.8. The van der Waals surface area contributed by atoms with Crippen molar-refractivity contribution in [3.63, 3.8) is 0 Å². The highest BCUT2D eigenvalue weighted by Crippen LogP contribution is 2.30. The minimum absolute atomic E-state index is 0.0834. The van der Waals surface area contributed by atoms with Crippen LogP contribution in [0.1, 0.15) is 0 Å². The van der Waals surface area contributed by atoms with Crippen molar-refractivity contribution in [1.29, 1.82) is 0 Å². The average Bonchev–Trinajstić information content (AvgIpc) is 2.62. The van der Waals surface area contributed by atoms with E-state index in [-0.39, 0.29) is 12.6 Å². The lowest BCUT2D eigenvalue weighted by Crippen LogP contribution is -2.42. The molecule has 0 bridgehead atoms. The van der Waals surface area contributed by atoms with Crippen LogP contribution >= 0.6 is 0 Å². The summed E-state index contributed by atoms with van der Waals surface area (Å²) < 4.78 is 51.1. The number of hydrogen-bond donors (Lipinski definition) is 1. The largest absolute Gasteiger partial charge is 0.486 e. The van der Waals surface area contributed by atoms with Gasteiger partial charge in [-0.3, -0.25) is 9.69 Å². The van der Waals surface area contributed by atoms with E-state index >= 15 is 0 Å². The van der Waals surface area contributed by atoms with Gasteiger partial charge in [-0.25, -0.2) is 13.2 Å². The first-order valence-corrected chi connectivity index (χ1v) is 7.94. The quantitative estimate of drug-likeness (QED) is 0.827. The van der Waals surface area contributed by atoms with Crippen molar-refractivity contribution in [1.82, 2.24) is 4.90 Å². The van der Waals surface area contributed by atoms with E-state index in [2.05, 4.69) is 5.32 Å². The molecule has 1 aliphatic heterocycles. The third kappa shape index (κ3) is 4.08. The number of likely N-dealkylation sites (N-methyl/N-ethyl adjacent to an activating group) is 1. The molecule has 1 aliphatic rings. The summed E-state index contributed by atoms with van der Waals surface area (Å²) in [5, 5.41) is 2.23. The molecule has 0 saturated carbocycles. The van der Waals surface area contributed by atoms with E-state index in [1.54, 1.807) is 24.1 Å². The molecule has 138 valence electrons. The number of amides is 1. The lowest BCUT2D eigenvalue weighted by atomic mass is 10.2. The Bertz CT molecular complexity index is 816. The van der Waals surface area contributed by atoms with Gasteiger partial charge < -0.3 is 14.8 Å². The number of benzene rings is 2. The Hall–Kier alpha value is -2.74. The van der Waals surface area contributed by atoms with Crippen molar-refractivity contribution in [2.75, 3.05) is 32.1 Å². The van der Waals surface area contributed by atoms with Crippen LogP contribution in [0, 0.1) is 17.5 Å². The SMILES string of the molecule is CN(CC(=O)Nc1ccc(F)c(F)c1F)C[C@H]1COc2ccccc2O1. The summed E-state index contributed by atoms with van der Waals surface area (Å²) >= 11 is 0. The second-order valence-corrected chi connectivity index (χ2v) is 5.97. The van der Waals surface area contributed by atoms with Crippen LogP contribution in [0.25, 0.3) is 0 Å². The standard InChI is InChI=1S/C18H17F3N2O3/c1-23(8-11-10-25-14-4-2-3-5-15(14)26-11)9-16(24)22-13-7-6-12(19)17(20)18(13)21/h2-7,11H,8-10H2,1H3,(H,22,24)/t11-/m0/s1. The molecular formula is C18H17F3N2O3. The summed E-state index contributed by atoms with van der Waals surface area (Å²) in [5.74, 6) is -3.63. The van der Waals surface area contributed by atoms with Crippen LogP contribution in [0.3, 0.4) is 0 Å². The molecule has 1 amide bonds. The molecule has 1 heterocycles. The van der Waals surface area contributed by atoms with Crippen molar-refractivity contribution in [2.24, 2.45) is 0 Å². The highest BCUT2D eigenvalue weighted by molar-refractivity contribution is 5.92. The maximum Gasteiger partial charge on any atom is 0.238 e. The zero-order chi connectivity index (χ0) is 18.7. The van der Waals surface area contributed by atoms with Gasteiger partial charge in [-0.15, -0.1) is 0 Å². The first kappa shape index (κ1) is 18.1. The number of nitrogens with zero attached hydrogens (tertiary/aromatic N) is 1. The van der Waals surface area contributed by atoms with Gasteiger partial charge in [0.1, 0.15) is 12.7 Å². The van der Waals surface area contributed by atoms with Crippen molar-refractivity contribution in [3.05, 3.63) is 53.8 Å². The molecule has 0 aromatic heterocycles. The highest BCUT2D eigenvalue weighted by Gasteiger charge is 2.23. The zero-order valence-electron chi connectivity index (χ0n) is 14.0. The number of hydrogen-bond acceptors (Lipinski definition) is 4. The molecule has 8 heteroatoms. The second-order valence-electron chi connectivity index (χ2n) is 5.97. The Balaban J connectivity index is 1.53. The Morgan fingerprint density at radius 1 is 1.15 bits per heavy atom. The van der Waals surface area contributed by atoms with Gasteiger partial charge in [0, 0.05) is 6.54 Å². The predicted octanol–water partition coefficient (Wildman–Crippen LogP) is 2.81. The summed E-state index contributed by atoms with van der Waals surface area (Å²) in [6.07, 6.45) is -0.275. The molecule has 0 aliphatic carbocycles. The highest BCUT2D eigenvalue weighted by atomic mass is 19.2. The van der Waals surface area contributed by atoms with E-state index in [4.69, 9.17) is 9.47 Å².